The highest BCUT2D eigenvalue weighted by Crippen LogP contribution is 2.08. The maximum atomic E-state index is 11.8. The molecule has 2 rings (SSSR count). The van der Waals surface area contributed by atoms with Crippen molar-refractivity contribution in [3.63, 3.8) is 0 Å². The molecule has 0 bridgehead atoms. The lowest BCUT2D eigenvalue weighted by atomic mass is 10.0. The third kappa shape index (κ3) is 6.56. The Labute approximate surface area is 163 Å². The van der Waals surface area contributed by atoms with E-state index in [1.807, 2.05) is 30.3 Å². The number of nitrogens with one attached hydrogen (secondary N) is 3. The summed E-state index contributed by atoms with van der Waals surface area (Å²) in [6.07, 6.45) is -0.728. The Hall–Kier alpha value is -3.68. The minimum Gasteiger partial charge on any atom is -0.480 e. The van der Waals surface area contributed by atoms with Crippen LogP contribution < -0.4 is 10.6 Å². The van der Waals surface area contributed by atoms with Gasteiger partial charge < -0.3 is 15.2 Å². The molecule has 0 heterocycles. The lowest BCUT2D eigenvalue weighted by Gasteiger charge is -2.13. The van der Waals surface area contributed by atoms with E-state index >= 15 is 0 Å². The quantitative estimate of drug-likeness (QED) is 0.429. The van der Waals surface area contributed by atoms with Gasteiger partial charge in [-0.15, -0.1) is 0 Å². The molecular weight excluding hydrogens is 362 g/mol. The first-order valence-corrected chi connectivity index (χ1v) is 8.36. The molecule has 4 N–H and O–H groups in total. The minimum atomic E-state index is -1.20. The van der Waals surface area contributed by atoms with E-state index in [0.717, 1.165) is 5.56 Å². The van der Waals surface area contributed by atoms with Crippen molar-refractivity contribution in [2.24, 2.45) is 0 Å². The summed E-state index contributed by atoms with van der Waals surface area (Å²) in [6.45, 7) is -0.467. The topological polar surface area (TPSA) is 129 Å². The zero-order valence-electron chi connectivity index (χ0n) is 16.0. The smallest absolute Gasteiger partial charge is 0.413 e. The van der Waals surface area contributed by atoms with Crippen molar-refractivity contribution in [3.05, 3.63) is 71.3 Å². The van der Waals surface area contributed by atoms with Crippen molar-refractivity contribution in [1.82, 2.24) is 10.6 Å². The van der Waals surface area contributed by atoms with E-state index in [2.05, 4.69) is 10.6 Å². The number of carboxylic acid groups (broad SMARTS) is 1. The lowest BCUT2D eigenvalue weighted by Crippen LogP contribution is -2.41. The fourth-order valence-corrected chi connectivity index (χ4v) is 2.37. The Bertz CT molecular complexity index is 871. The Balaban J connectivity index is 1.89. The zero-order chi connectivity index (χ0) is 21.2. The maximum Gasteiger partial charge on any atom is 0.413 e. The predicted octanol–water partition coefficient (Wildman–Crippen LogP) is 2.07. The predicted molar refractivity (Wildman–Crippen MR) is 102 cm³/mol. The number of carbonyl (C=O) groups is 3. The van der Waals surface area contributed by atoms with Crippen molar-refractivity contribution in [1.29, 1.82) is 5.41 Å². The molecule has 0 aromatic heterocycles. The van der Waals surface area contributed by atoms with E-state index < -0.39 is 30.9 Å². The van der Waals surface area contributed by atoms with E-state index in [4.69, 9.17) is 11.5 Å². The number of benzene rings is 2. The van der Waals surface area contributed by atoms with Crippen molar-refractivity contribution >= 4 is 23.8 Å². The van der Waals surface area contributed by atoms with E-state index in [1.165, 1.54) is 0 Å². The van der Waals surface area contributed by atoms with Crippen LogP contribution >= 0.6 is 0 Å². The average molecular weight is 384 g/mol. The van der Waals surface area contributed by atoms with Gasteiger partial charge in [0, 0.05) is 20.3 Å². The van der Waals surface area contributed by atoms with Gasteiger partial charge in [0.1, 0.15) is 18.5 Å². The van der Waals surface area contributed by atoms with Gasteiger partial charge in [-0.1, -0.05) is 54.6 Å². The molecule has 0 radical (unpaired) electrons. The van der Waals surface area contributed by atoms with Gasteiger partial charge in [0.25, 0.3) is 0 Å². The van der Waals surface area contributed by atoms with E-state index in [9.17, 15) is 19.5 Å². The van der Waals surface area contributed by atoms with Crippen LogP contribution in [0.2, 0.25) is 0 Å². The van der Waals surface area contributed by atoms with Crippen molar-refractivity contribution < 1.29 is 25.6 Å². The summed E-state index contributed by atoms with van der Waals surface area (Å²) < 4.78 is 12.0. The number of carbonyl (C=O) groups excluding carboxylic acids is 2. The molecular formula is C20H21N3O5. The highest BCUT2D eigenvalue weighted by molar-refractivity contribution is 6.04. The lowest BCUT2D eigenvalue weighted by molar-refractivity contribution is -0.141. The van der Waals surface area contributed by atoms with Gasteiger partial charge in [-0.25, -0.2) is 9.59 Å². The van der Waals surface area contributed by atoms with Crippen LogP contribution in [-0.2, 0) is 27.4 Å². The van der Waals surface area contributed by atoms with Crippen molar-refractivity contribution in [2.75, 3.05) is 0 Å². The van der Waals surface area contributed by atoms with Crippen LogP contribution in [0.25, 0.3) is 0 Å². The Morgan fingerprint density at radius 1 is 1.11 bits per heavy atom. The fraction of sp³-hybridized carbons (Fsp3) is 0.200. The number of carboxylic acids is 1. The summed E-state index contributed by atoms with van der Waals surface area (Å²) >= 11 is 0. The van der Waals surface area contributed by atoms with Crippen LogP contribution in [0.1, 0.15) is 25.0 Å². The molecule has 8 nitrogen and oxygen atoms in total. The summed E-state index contributed by atoms with van der Waals surface area (Å²) in [5.41, 5.74) is 1.85. The van der Waals surface area contributed by atoms with Gasteiger partial charge in [-0.3, -0.25) is 15.5 Å². The van der Waals surface area contributed by atoms with Gasteiger partial charge in [-0.2, -0.15) is 0 Å². The maximum absolute atomic E-state index is 11.8. The molecule has 0 aliphatic carbocycles. The number of hydrogen-bond donors (Lipinski definition) is 4. The Morgan fingerprint density at radius 2 is 1.79 bits per heavy atom. The van der Waals surface area contributed by atoms with Crippen LogP contribution in [0.4, 0.5) is 4.79 Å². The molecule has 0 saturated heterocycles. The second-order valence-electron chi connectivity index (χ2n) is 5.92. The third-order valence-electron chi connectivity index (χ3n) is 3.76. The molecule has 1 atom stereocenters. The van der Waals surface area contributed by atoms with Gasteiger partial charge in [0.2, 0.25) is 5.91 Å². The number of rotatable bonds is 7. The van der Waals surface area contributed by atoms with Gasteiger partial charge in [0.15, 0.2) is 0 Å². The number of ether oxygens (including phenoxy) is 1. The number of alkyl carbamates (subject to hydrolysis) is 1. The Morgan fingerprint density at radius 3 is 2.39 bits per heavy atom. The molecule has 28 heavy (non-hydrogen) atoms. The molecule has 0 fully saturated rings. The first-order valence-electron chi connectivity index (χ1n) is 9.06. The van der Waals surface area contributed by atoms with Crippen LogP contribution in [0, 0.1) is 5.41 Å². The largest absolute Gasteiger partial charge is 0.480 e. The minimum absolute atomic E-state index is 0.0290. The second-order valence-corrected chi connectivity index (χ2v) is 5.92. The highest BCUT2D eigenvalue weighted by atomic mass is 16.5. The third-order valence-corrected chi connectivity index (χ3v) is 3.76. The highest BCUT2D eigenvalue weighted by Gasteiger charge is 2.19. The standard InChI is InChI=1S/C20H21N3O5/c1-13(24)22-17(19(25)26)11-14-7-9-16(10-8-14)18(21)23-20(27)28-12-15-5-3-2-4-6-15/h2-10,17H,11-12H2,1H3,(H,22,24)(H,25,26)(H2,21,23,27)/t17-/m0/s1/i1D. The first-order chi connectivity index (χ1) is 13.9. The van der Waals surface area contributed by atoms with Gasteiger partial charge in [-0.05, 0) is 11.1 Å². The number of amides is 2. The van der Waals surface area contributed by atoms with Crippen LogP contribution in [0.3, 0.4) is 0 Å². The molecule has 0 saturated carbocycles. The summed E-state index contributed by atoms with van der Waals surface area (Å²) in [6, 6.07) is 14.3. The monoisotopic (exact) mass is 384 g/mol. The molecule has 2 aromatic carbocycles. The van der Waals surface area contributed by atoms with E-state index in [-0.39, 0.29) is 18.9 Å². The van der Waals surface area contributed by atoms with Crippen LogP contribution in [-0.4, -0.2) is 35.0 Å². The molecule has 2 amide bonds. The van der Waals surface area contributed by atoms with E-state index in [0.29, 0.717) is 11.1 Å². The molecule has 2 aromatic rings. The Kier molecular flexibility index (Phi) is 6.73. The summed E-state index contributed by atoms with van der Waals surface area (Å²) in [7, 11) is 0. The number of hydrogen-bond acceptors (Lipinski definition) is 5. The van der Waals surface area contributed by atoms with E-state index in [1.54, 1.807) is 24.3 Å². The number of aliphatic carboxylic acids is 1. The fourth-order valence-electron chi connectivity index (χ4n) is 2.37. The zero-order valence-corrected chi connectivity index (χ0v) is 15.0. The molecule has 146 valence electrons. The second kappa shape index (κ2) is 9.86. The molecule has 0 aliphatic heterocycles. The molecule has 0 spiro atoms. The van der Waals surface area contributed by atoms with Gasteiger partial charge in [0.05, 0.1) is 0 Å². The normalized spacial score (nSPS) is 11.6. The van der Waals surface area contributed by atoms with Crippen LogP contribution in [0.5, 0.6) is 0 Å². The molecule has 0 aliphatic rings. The first kappa shape index (κ1) is 19.1. The SMILES string of the molecule is [2H]CC(=O)N[C@@H](Cc1ccc(C(=N)NC(=O)OCc2ccccc2)cc1)C(=O)O. The molecule has 8 heteroatoms. The summed E-state index contributed by atoms with van der Waals surface area (Å²) in [5.74, 6) is -2.03. The summed E-state index contributed by atoms with van der Waals surface area (Å²) in [4.78, 5) is 34.3. The van der Waals surface area contributed by atoms with Crippen molar-refractivity contribution in [3.8, 4) is 0 Å². The average Bonchev–Trinajstić information content (AvgIpc) is 2.72. The van der Waals surface area contributed by atoms with Crippen LogP contribution in [0.15, 0.2) is 54.6 Å². The number of amidine groups is 1. The van der Waals surface area contributed by atoms with Gasteiger partial charge >= 0.3 is 12.1 Å². The molecule has 0 unspecified atom stereocenters. The summed E-state index contributed by atoms with van der Waals surface area (Å²) in [5, 5.41) is 21.7. The van der Waals surface area contributed by atoms with Crippen molar-refractivity contribution in [2.45, 2.75) is 26.0 Å².